The van der Waals surface area contributed by atoms with Crippen LogP contribution in [-0.4, -0.2) is 20.7 Å². The molecule has 0 saturated carbocycles. The van der Waals surface area contributed by atoms with Gasteiger partial charge in [0.2, 0.25) is 0 Å². The fourth-order valence-electron chi connectivity index (χ4n) is 2.44. The summed E-state index contributed by atoms with van der Waals surface area (Å²) >= 11 is 0. The van der Waals surface area contributed by atoms with E-state index in [0.29, 0.717) is 12.5 Å². The molecule has 6 nitrogen and oxygen atoms in total. The Morgan fingerprint density at radius 1 is 1.38 bits per heavy atom. The highest BCUT2D eigenvalue weighted by Crippen LogP contribution is 2.24. The van der Waals surface area contributed by atoms with Crippen LogP contribution in [-0.2, 0) is 26.4 Å². The molecule has 1 heterocycles. The van der Waals surface area contributed by atoms with Crippen molar-refractivity contribution in [2.75, 3.05) is 5.32 Å². The van der Waals surface area contributed by atoms with E-state index in [1.54, 1.807) is 6.33 Å². The smallest absolute Gasteiger partial charge is 0.193 e. The molecule has 0 radical (unpaired) electrons. The van der Waals surface area contributed by atoms with Gasteiger partial charge >= 0.3 is 0 Å². The van der Waals surface area contributed by atoms with Gasteiger partial charge in [0.1, 0.15) is 12.9 Å². The van der Waals surface area contributed by atoms with Crippen LogP contribution in [0.2, 0.25) is 0 Å². The molecule has 0 spiro atoms. The standard InChI is InChI=1S/C14H18N6.HI/c1-20-9-17-19-13(20)8-16-14(15)18-12-6-5-10-3-2-4-11(10)7-12;/h5-7,9H,2-4,8H2,1H3,(H3,15,16,18);1H. The van der Waals surface area contributed by atoms with Crippen molar-refractivity contribution in [1.82, 2.24) is 14.8 Å². The average molecular weight is 398 g/mol. The predicted molar refractivity (Wildman–Crippen MR) is 93.8 cm³/mol. The molecule has 21 heavy (non-hydrogen) atoms. The van der Waals surface area contributed by atoms with Gasteiger partial charge in [-0.15, -0.1) is 34.2 Å². The van der Waals surface area contributed by atoms with Crippen molar-refractivity contribution in [2.45, 2.75) is 25.8 Å². The van der Waals surface area contributed by atoms with Gasteiger partial charge < -0.3 is 15.6 Å². The molecule has 3 rings (SSSR count). The minimum Gasteiger partial charge on any atom is -0.370 e. The third-order valence-electron chi connectivity index (χ3n) is 3.57. The normalized spacial score (nSPS) is 13.7. The van der Waals surface area contributed by atoms with Crippen molar-refractivity contribution in [3.63, 3.8) is 0 Å². The lowest BCUT2D eigenvalue weighted by Gasteiger charge is -2.07. The van der Waals surface area contributed by atoms with Crippen molar-refractivity contribution in [1.29, 1.82) is 0 Å². The number of fused-ring (bicyclic) bond motifs is 1. The fourth-order valence-corrected chi connectivity index (χ4v) is 2.44. The minimum atomic E-state index is 0. The van der Waals surface area contributed by atoms with Gasteiger partial charge in [0, 0.05) is 12.7 Å². The number of hydrogen-bond donors (Lipinski definition) is 2. The van der Waals surface area contributed by atoms with E-state index < -0.39 is 0 Å². The summed E-state index contributed by atoms with van der Waals surface area (Å²) in [5, 5.41) is 10.9. The molecule has 1 aromatic heterocycles. The van der Waals surface area contributed by atoms with Gasteiger partial charge in [0.05, 0.1) is 0 Å². The van der Waals surface area contributed by atoms with E-state index in [-0.39, 0.29) is 24.0 Å². The Morgan fingerprint density at radius 2 is 2.19 bits per heavy atom. The highest BCUT2D eigenvalue weighted by Gasteiger charge is 2.10. The number of anilines is 1. The van der Waals surface area contributed by atoms with E-state index in [4.69, 9.17) is 5.73 Å². The number of nitrogens with zero attached hydrogens (tertiary/aromatic N) is 4. The summed E-state index contributed by atoms with van der Waals surface area (Å²) in [6, 6.07) is 6.38. The number of rotatable bonds is 3. The second kappa shape index (κ2) is 6.88. The van der Waals surface area contributed by atoms with Gasteiger partial charge in [0.15, 0.2) is 11.8 Å². The number of aromatic nitrogens is 3. The second-order valence-corrected chi connectivity index (χ2v) is 5.02. The largest absolute Gasteiger partial charge is 0.370 e. The maximum atomic E-state index is 5.90. The van der Waals surface area contributed by atoms with Crippen LogP contribution in [0.3, 0.4) is 0 Å². The number of aliphatic imine (C=N–C) groups is 1. The van der Waals surface area contributed by atoms with E-state index in [9.17, 15) is 0 Å². The molecule has 0 unspecified atom stereocenters. The molecule has 2 aromatic rings. The van der Waals surface area contributed by atoms with E-state index in [0.717, 1.165) is 17.9 Å². The Balaban J connectivity index is 0.00000161. The summed E-state index contributed by atoms with van der Waals surface area (Å²) < 4.78 is 1.83. The van der Waals surface area contributed by atoms with Crippen LogP contribution in [0.15, 0.2) is 29.5 Å². The fraction of sp³-hybridized carbons (Fsp3) is 0.357. The first-order chi connectivity index (χ1) is 9.72. The molecule has 0 fully saturated rings. The number of nitrogens with two attached hydrogens (primary N) is 1. The number of halogens is 1. The molecule has 1 aliphatic carbocycles. The minimum absolute atomic E-state index is 0. The SMILES string of the molecule is Cn1cnnc1CN=C(N)Nc1ccc2c(c1)CCC2.I. The van der Waals surface area contributed by atoms with Crippen molar-refractivity contribution in [2.24, 2.45) is 17.8 Å². The van der Waals surface area contributed by atoms with Gasteiger partial charge in [-0.3, -0.25) is 0 Å². The quantitative estimate of drug-likeness (QED) is 0.470. The highest BCUT2D eigenvalue weighted by atomic mass is 127. The number of nitrogens with one attached hydrogen (secondary N) is 1. The zero-order chi connectivity index (χ0) is 13.9. The molecule has 0 atom stereocenters. The Kier molecular flexibility index (Phi) is 5.16. The molecular formula is C14H19IN6. The van der Waals surface area contributed by atoms with Crippen molar-refractivity contribution < 1.29 is 0 Å². The summed E-state index contributed by atoms with van der Waals surface area (Å²) in [5.41, 5.74) is 9.75. The van der Waals surface area contributed by atoms with E-state index in [1.165, 1.54) is 24.0 Å². The van der Waals surface area contributed by atoms with E-state index >= 15 is 0 Å². The van der Waals surface area contributed by atoms with Crippen LogP contribution in [0, 0.1) is 0 Å². The van der Waals surface area contributed by atoms with E-state index in [1.807, 2.05) is 11.6 Å². The molecule has 1 aromatic carbocycles. The number of benzene rings is 1. The topological polar surface area (TPSA) is 81.1 Å². The Bertz CT molecular complexity index is 649. The zero-order valence-electron chi connectivity index (χ0n) is 11.9. The Hall–Kier alpha value is -1.64. The molecule has 0 amide bonds. The first kappa shape index (κ1) is 15.7. The van der Waals surface area contributed by atoms with Gasteiger partial charge in [-0.2, -0.15) is 0 Å². The summed E-state index contributed by atoms with van der Waals surface area (Å²) in [5.74, 6) is 1.18. The molecule has 1 aliphatic rings. The molecular weight excluding hydrogens is 379 g/mol. The first-order valence-corrected chi connectivity index (χ1v) is 6.74. The molecule has 0 bridgehead atoms. The summed E-state index contributed by atoms with van der Waals surface area (Å²) in [4.78, 5) is 4.28. The third-order valence-corrected chi connectivity index (χ3v) is 3.57. The maximum absolute atomic E-state index is 5.90. The molecule has 0 saturated heterocycles. The van der Waals surface area contributed by atoms with Gasteiger partial charge in [-0.25, -0.2) is 4.99 Å². The van der Waals surface area contributed by atoms with Crippen LogP contribution >= 0.6 is 24.0 Å². The van der Waals surface area contributed by atoms with Gasteiger partial charge in [-0.05, 0) is 42.5 Å². The summed E-state index contributed by atoms with van der Waals surface area (Å²) in [6.45, 7) is 0.417. The first-order valence-electron chi connectivity index (χ1n) is 6.74. The second-order valence-electron chi connectivity index (χ2n) is 5.02. The number of aryl methyl sites for hydroxylation is 3. The summed E-state index contributed by atoms with van der Waals surface area (Å²) in [7, 11) is 1.88. The molecule has 3 N–H and O–H groups in total. The lowest BCUT2D eigenvalue weighted by Crippen LogP contribution is -2.23. The average Bonchev–Trinajstić information content (AvgIpc) is 3.04. The molecule has 7 heteroatoms. The third kappa shape index (κ3) is 3.72. The predicted octanol–water partition coefficient (Wildman–Crippen LogP) is 1.85. The summed E-state index contributed by atoms with van der Waals surface area (Å²) in [6.07, 6.45) is 5.23. The number of guanidine groups is 1. The van der Waals surface area contributed by atoms with Crippen molar-refractivity contribution >= 4 is 35.6 Å². The van der Waals surface area contributed by atoms with Crippen LogP contribution in [0.25, 0.3) is 0 Å². The highest BCUT2D eigenvalue weighted by molar-refractivity contribution is 14.0. The van der Waals surface area contributed by atoms with Crippen LogP contribution in [0.4, 0.5) is 5.69 Å². The monoisotopic (exact) mass is 398 g/mol. The van der Waals surface area contributed by atoms with Crippen molar-refractivity contribution in [3.8, 4) is 0 Å². The van der Waals surface area contributed by atoms with E-state index in [2.05, 4.69) is 38.7 Å². The van der Waals surface area contributed by atoms with Crippen LogP contribution < -0.4 is 11.1 Å². The van der Waals surface area contributed by atoms with Gasteiger partial charge in [0.25, 0.3) is 0 Å². The zero-order valence-corrected chi connectivity index (χ0v) is 14.2. The van der Waals surface area contributed by atoms with Crippen LogP contribution in [0.1, 0.15) is 23.4 Å². The molecule has 112 valence electrons. The van der Waals surface area contributed by atoms with Crippen molar-refractivity contribution in [3.05, 3.63) is 41.5 Å². The lowest BCUT2D eigenvalue weighted by atomic mass is 10.1. The maximum Gasteiger partial charge on any atom is 0.193 e. The Morgan fingerprint density at radius 3 is 2.95 bits per heavy atom. The van der Waals surface area contributed by atoms with Crippen LogP contribution in [0.5, 0.6) is 0 Å². The Labute approximate surface area is 140 Å². The molecule has 0 aliphatic heterocycles. The number of hydrogen-bond acceptors (Lipinski definition) is 3. The van der Waals surface area contributed by atoms with Gasteiger partial charge in [-0.1, -0.05) is 6.07 Å². The lowest BCUT2D eigenvalue weighted by molar-refractivity contribution is 0.792.